The van der Waals surface area contributed by atoms with Crippen LogP contribution in [0.5, 0.6) is 0 Å². The molecule has 12 heavy (non-hydrogen) atoms. The Labute approximate surface area is 70.0 Å². The highest BCUT2D eigenvalue weighted by Crippen LogP contribution is 1.95. The number of benzene rings is 1. The Kier molecular flexibility index (Phi) is 1.70. The molecule has 1 aromatic rings. The summed E-state index contributed by atoms with van der Waals surface area (Å²) >= 11 is 0. The SMILES string of the molecule is NC1C=c2cc(F)ccc2=CC1. The zero-order valence-electron chi connectivity index (χ0n) is 6.63. The molecule has 2 heteroatoms. The summed E-state index contributed by atoms with van der Waals surface area (Å²) in [6, 6.07) is 4.82. The van der Waals surface area contributed by atoms with Crippen molar-refractivity contribution in [1.29, 1.82) is 0 Å². The molecule has 1 atom stereocenters. The summed E-state index contributed by atoms with van der Waals surface area (Å²) in [5.74, 6) is -0.201. The molecule has 0 saturated heterocycles. The third-order valence-electron chi connectivity index (χ3n) is 2.05. The highest BCUT2D eigenvalue weighted by molar-refractivity contribution is 5.42. The number of halogens is 1. The van der Waals surface area contributed by atoms with Gasteiger partial charge in [0, 0.05) is 6.04 Å². The standard InChI is InChI=1S/C10H10FN/c11-9-3-1-7-2-4-10(12)6-8(7)5-9/h1-3,5-6,10H,4,12H2. The van der Waals surface area contributed by atoms with E-state index >= 15 is 0 Å². The van der Waals surface area contributed by atoms with Gasteiger partial charge in [-0.05, 0) is 29.0 Å². The Morgan fingerprint density at radius 1 is 1.33 bits per heavy atom. The first-order valence-electron chi connectivity index (χ1n) is 3.99. The summed E-state index contributed by atoms with van der Waals surface area (Å²) in [5.41, 5.74) is 5.69. The number of hydrogen-bond acceptors (Lipinski definition) is 1. The molecule has 0 bridgehead atoms. The van der Waals surface area contributed by atoms with Crippen molar-refractivity contribution in [2.24, 2.45) is 5.73 Å². The molecule has 2 rings (SSSR count). The van der Waals surface area contributed by atoms with Gasteiger partial charge in [-0.15, -0.1) is 0 Å². The third kappa shape index (κ3) is 1.25. The summed E-state index contributed by atoms with van der Waals surface area (Å²) in [7, 11) is 0. The highest BCUT2D eigenvalue weighted by atomic mass is 19.1. The fraction of sp³-hybridized carbons (Fsp3) is 0.200. The van der Waals surface area contributed by atoms with Gasteiger partial charge in [0.25, 0.3) is 0 Å². The molecule has 0 fully saturated rings. The maximum absolute atomic E-state index is 12.7. The quantitative estimate of drug-likeness (QED) is 0.577. The fourth-order valence-electron chi connectivity index (χ4n) is 1.44. The molecule has 1 nitrogen and oxygen atoms in total. The molecule has 0 radical (unpaired) electrons. The third-order valence-corrected chi connectivity index (χ3v) is 2.05. The van der Waals surface area contributed by atoms with Crippen LogP contribution in [0.15, 0.2) is 18.2 Å². The van der Waals surface area contributed by atoms with Crippen molar-refractivity contribution in [2.45, 2.75) is 12.5 Å². The summed E-state index contributed by atoms with van der Waals surface area (Å²) in [6.45, 7) is 0. The van der Waals surface area contributed by atoms with Gasteiger partial charge < -0.3 is 5.73 Å². The van der Waals surface area contributed by atoms with E-state index < -0.39 is 0 Å². The Hall–Kier alpha value is -1.15. The summed E-state index contributed by atoms with van der Waals surface area (Å²) < 4.78 is 12.7. The average Bonchev–Trinajstić information content (AvgIpc) is 2.03. The summed E-state index contributed by atoms with van der Waals surface area (Å²) in [4.78, 5) is 0. The van der Waals surface area contributed by atoms with Crippen LogP contribution in [0, 0.1) is 5.82 Å². The Bertz CT molecular complexity index is 408. The topological polar surface area (TPSA) is 26.0 Å². The lowest BCUT2D eigenvalue weighted by molar-refractivity contribution is 0.625. The van der Waals surface area contributed by atoms with Gasteiger partial charge >= 0.3 is 0 Å². The van der Waals surface area contributed by atoms with E-state index in [0.29, 0.717) is 0 Å². The maximum Gasteiger partial charge on any atom is 0.123 e. The molecule has 1 aliphatic carbocycles. The molecule has 1 aromatic carbocycles. The minimum Gasteiger partial charge on any atom is -0.324 e. The van der Waals surface area contributed by atoms with Crippen LogP contribution in [0.3, 0.4) is 0 Å². The Morgan fingerprint density at radius 2 is 2.17 bits per heavy atom. The fourth-order valence-corrected chi connectivity index (χ4v) is 1.44. The molecule has 0 heterocycles. The number of fused-ring (bicyclic) bond motifs is 1. The Morgan fingerprint density at radius 3 is 3.00 bits per heavy atom. The number of hydrogen-bond donors (Lipinski definition) is 1. The largest absolute Gasteiger partial charge is 0.324 e. The monoisotopic (exact) mass is 163 g/mol. The number of rotatable bonds is 0. The average molecular weight is 163 g/mol. The van der Waals surface area contributed by atoms with Gasteiger partial charge in [-0.1, -0.05) is 18.2 Å². The van der Waals surface area contributed by atoms with Crippen LogP contribution >= 0.6 is 0 Å². The van der Waals surface area contributed by atoms with E-state index in [4.69, 9.17) is 5.73 Å². The lowest BCUT2D eigenvalue weighted by Crippen LogP contribution is -2.33. The van der Waals surface area contributed by atoms with E-state index in [1.807, 2.05) is 12.2 Å². The smallest absolute Gasteiger partial charge is 0.123 e. The van der Waals surface area contributed by atoms with Crippen LogP contribution in [0.2, 0.25) is 0 Å². The van der Waals surface area contributed by atoms with Crippen LogP contribution in [-0.4, -0.2) is 6.04 Å². The normalized spacial score (nSPS) is 20.7. The molecule has 1 unspecified atom stereocenters. The molecule has 2 N–H and O–H groups in total. The van der Waals surface area contributed by atoms with E-state index in [1.54, 1.807) is 6.07 Å². The van der Waals surface area contributed by atoms with Gasteiger partial charge in [-0.2, -0.15) is 0 Å². The summed E-state index contributed by atoms with van der Waals surface area (Å²) in [6.07, 6.45) is 4.79. The first kappa shape index (κ1) is 7.50. The van der Waals surface area contributed by atoms with Crippen LogP contribution in [-0.2, 0) is 0 Å². The van der Waals surface area contributed by atoms with Crippen molar-refractivity contribution < 1.29 is 4.39 Å². The van der Waals surface area contributed by atoms with Crippen molar-refractivity contribution >= 4 is 12.2 Å². The van der Waals surface area contributed by atoms with Crippen molar-refractivity contribution in [3.8, 4) is 0 Å². The molecule has 0 aliphatic heterocycles. The second kappa shape index (κ2) is 2.72. The molecule has 62 valence electrons. The molecular formula is C10H10FN. The molecule has 0 amide bonds. The van der Waals surface area contributed by atoms with Gasteiger partial charge in [-0.3, -0.25) is 0 Å². The second-order valence-corrected chi connectivity index (χ2v) is 3.04. The first-order chi connectivity index (χ1) is 5.75. The zero-order valence-corrected chi connectivity index (χ0v) is 6.63. The second-order valence-electron chi connectivity index (χ2n) is 3.04. The Balaban J connectivity index is 2.72. The molecule has 1 aliphatic rings. The van der Waals surface area contributed by atoms with Gasteiger partial charge in [-0.25, -0.2) is 4.39 Å². The minimum absolute atomic E-state index is 0.0410. The van der Waals surface area contributed by atoms with Gasteiger partial charge in [0.1, 0.15) is 5.82 Å². The van der Waals surface area contributed by atoms with E-state index in [9.17, 15) is 4.39 Å². The van der Waals surface area contributed by atoms with Crippen molar-refractivity contribution in [3.05, 3.63) is 34.5 Å². The maximum atomic E-state index is 12.7. The van der Waals surface area contributed by atoms with E-state index in [-0.39, 0.29) is 11.9 Å². The van der Waals surface area contributed by atoms with Gasteiger partial charge in [0.15, 0.2) is 0 Å². The lowest BCUT2D eigenvalue weighted by atomic mass is 10.0. The van der Waals surface area contributed by atoms with E-state index in [0.717, 1.165) is 16.9 Å². The molecule has 0 aromatic heterocycles. The van der Waals surface area contributed by atoms with E-state index in [2.05, 4.69) is 0 Å². The minimum atomic E-state index is -0.201. The number of nitrogens with two attached hydrogens (primary N) is 1. The van der Waals surface area contributed by atoms with Crippen molar-refractivity contribution in [1.82, 2.24) is 0 Å². The molecule has 0 spiro atoms. The predicted octanol–water partition coefficient (Wildman–Crippen LogP) is 0.118. The van der Waals surface area contributed by atoms with Crippen LogP contribution in [0.25, 0.3) is 12.2 Å². The van der Waals surface area contributed by atoms with Crippen molar-refractivity contribution in [2.75, 3.05) is 0 Å². The summed E-state index contributed by atoms with van der Waals surface area (Å²) in [5, 5.41) is 1.99. The zero-order chi connectivity index (χ0) is 8.55. The highest BCUT2D eigenvalue weighted by Gasteiger charge is 2.01. The predicted molar refractivity (Wildman–Crippen MR) is 47.2 cm³/mol. The molecule has 0 saturated carbocycles. The van der Waals surface area contributed by atoms with Gasteiger partial charge in [0.2, 0.25) is 0 Å². The first-order valence-corrected chi connectivity index (χ1v) is 3.99. The lowest BCUT2D eigenvalue weighted by Gasteiger charge is -2.06. The van der Waals surface area contributed by atoms with Crippen molar-refractivity contribution in [3.63, 3.8) is 0 Å². The molecular weight excluding hydrogens is 153 g/mol. The van der Waals surface area contributed by atoms with Crippen LogP contribution < -0.4 is 16.2 Å². The van der Waals surface area contributed by atoms with Crippen LogP contribution in [0.1, 0.15) is 6.42 Å². The van der Waals surface area contributed by atoms with E-state index in [1.165, 1.54) is 12.1 Å². The van der Waals surface area contributed by atoms with Gasteiger partial charge in [0.05, 0.1) is 0 Å². The van der Waals surface area contributed by atoms with Crippen LogP contribution in [0.4, 0.5) is 4.39 Å².